The Morgan fingerprint density at radius 1 is 1.16 bits per heavy atom. The predicted octanol–water partition coefficient (Wildman–Crippen LogP) is 5.14. The monoisotopic (exact) mass is 504 g/mol. The molecule has 1 N–H and O–H groups in total. The summed E-state index contributed by atoms with van der Waals surface area (Å²) in [4.78, 5) is 27.6. The van der Waals surface area contributed by atoms with Crippen LogP contribution in [0, 0.1) is 12.7 Å². The molecule has 0 heterocycles. The molecule has 0 unspecified atom stereocenters. The Hall–Kier alpha value is -2.41. The molecule has 7 heteroatoms. The molecule has 1 atom stereocenters. The van der Waals surface area contributed by atoms with Crippen LogP contribution < -0.4 is 10.1 Å². The smallest absolute Gasteiger partial charge is 0.261 e. The van der Waals surface area contributed by atoms with Gasteiger partial charge < -0.3 is 15.0 Å². The van der Waals surface area contributed by atoms with E-state index in [0.29, 0.717) is 5.75 Å². The molecule has 0 aliphatic heterocycles. The van der Waals surface area contributed by atoms with Gasteiger partial charge in [0.25, 0.3) is 5.91 Å². The fourth-order valence-corrected chi connectivity index (χ4v) is 4.12. The third kappa shape index (κ3) is 6.79. The summed E-state index contributed by atoms with van der Waals surface area (Å²) in [6.07, 6.45) is 5.35. The average Bonchev–Trinajstić information content (AvgIpc) is 2.79. The first-order valence-electron chi connectivity index (χ1n) is 11.1. The third-order valence-corrected chi connectivity index (χ3v) is 6.77. The number of amides is 2. The SMILES string of the molecule is Cc1cc(OCC(=O)N(Cc2ccc(F)cc2)[C@@H](C)C(=O)NC2CCCCC2)ccc1Br. The zero-order chi connectivity index (χ0) is 23.1. The van der Waals surface area contributed by atoms with Crippen molar-refractivity contribution in [1.82, 2.24) is 10.2 Å². The van der Waals surface area contributed by atoms with Crippen molar-refractivity contribution in [2.75, 3.05) is 6.61 Å². The van der Waals surface area contributed by atoms with E-state index in [-0.39, 0.29) is 36.8 Å². The van der Waals surface area contributed by atoms with Gasteiger partial charge >= 0.3 is 0 Å². The van der Waals surface area contributed by atoms with E-state index in [1.807, 2.05) is 19.1 Å². The van der Waals surface area contributed by atoms with E-state index < -0.39 is 6.04 Å². The van der Waals surface area contributed by atoms with E-state index in [9.17, 15) is 14.0 Å². The van der Waals surface area contributed by atoms with Gasteiger partial charge in [-0.25, -0.2) is 4.39 Å². The summed E-state index contributed by atoms with van der Waals surface area (Å²) in [6.45, 7) is 3.67. The number of rotatable bonds is 8. The van der Waals surface area contributed by atoms with Gasteiger partial charge in [-0.15, -0.1) is 0 Å². The second-order valence-electron chi connectivity index (χ2n) is 8.37. The van der Waals surface area contributed by atoms with E-state index in [4.69, 9.17) is 4.74 Å². The standard InChI is InChI=1S/C25H30BrFN2O3/c1-17-14-22(12-13-23(17)26)32-16-24(30)29(15-19-8-10-20(27)11-9-19)18(2)25(31)28-21-6-4-3-5-7-21/h8-14,18,21H,3-7,15-16H2,1-2H3,(H,28,31)/t18-/m0/s1. The van der Waals surface area contributed by atoms with Crippen molar-refractivity contribution in [3.8, 4) is 5.75 Å². The zero-order valence-corrected chi connectivity index (χ0v) is 20.2. The lowest BCUT2D eigenvalue weighted by Crippen LogP contribution is -2.51. The number of aryl methyl sites for hydroxylation is 1. The molecular weight excluding hydrogens is 475 g/mol. The van der Waals surface area contributed by atoms with Crippen molar-refractivity contribution in [3.63, 3.8) is 0 Å². The van der Waals surface area contributed by atoms with Crippen LogP contribution in [0.2, 0.25) is 0 Å². The quantitative estimate of drug-likeness (QED) is 0.541. The summed E-state index contributed by atoms with van der Waals surface area (Å²) in [7, 11) is 0. The van der Waals surface area contributed by atoms with Crippen molar-refractivity contribution in [1.29, 1.82) is 0 Å². The molecule has 0 saturated heterocycles. The number of carbonyl (C=O) groups excluding carboxylic acids is 2. The van der Waals surface area contributed by atoms with Crippen LogP contribution in [0.3, 0.4) is 0 Å². The van der Waals surface area contributed by atoms with Crippen LogP contribution in [0.15, 0.2) is 46.9 Å². The predicted molar refractivity (Wildman–Crippen MR) is 126 cm³/mol. The number of nitrogens with zero attached hydrogens (tertiary/aromatic N) is 1. The van der Waals surface area contributed by atoms with Crippen LogP contribution in [0.5, 0.6) is 5.75 Å². The normalized spacial score (nSPS) is 15.1. The van der Waals surface area contributed by atoms with E-state index in [1.54, 1.807) is 25.1 Å². The van der Waals surface area contributed by atoms with Gasteiger partial charge in [-0.2, -0.15) is 0 Å². The van der Waals surface area contributed by atoms with Crippen molar-refractivity contribution in [3.05, 3.63) is 63.9 Å². The van der Waals surface area contributed by atoms with Gasteiger partial charge in [0.1, 0.15) is 17.6 Å². The molecule has 0 bridgehead atoms. The summed E-state index contributed by atoms with van der Waals surface area (Å²) in [5.41, 5.74) is 1.75. The topological polar surface area (TPSA) is 58.6 Å². The molecule has 0 radical (unpaired) electrons. The highest BCUT2D eigenvalue weighted by atomic mass is 79.9. The molecule has 3 rings (SSSR count). The van der Waals surface area contributed by atoms with Crippen LogP contribution in [-0.4, -0.2) is 35.4 Å². The number of benzene rings is 2. The maximum absolute atomic E-state index is 13.3. The minimum atomic E-state index is -0.676. The van der Waals surface area contributed by atoms with Gasteiger partial charge in [0, 0.05) is 17.1 Å². The second kappa shape index (κ2) is 11.5. The summed E-state index contributed by atoms with van der Waals surface area (Å²) < 4.78 is 20.0. The van der Waals surface area contributed by atoms with Gasteiger partial charge in [-0.3, -0.25) is 9.59 Å². The van der Waals surface area contributed by atoms with E-state index in [0.717, 1.165) is 41.3 Å². The number of nitrogens with one attached hydrogen (secondary N) is 1. The van der Waals surface area contributed by atoms with Crippen LogP contribution in [0.4, 0.5) is 4.39 Å². The van der Waals surface area contributed by atoms with Crippen LogP contribution in [0.25, 0.3) is 0 Å². The molecule has 1 saturated carbocycles. The maximum atomic E-state index is 13.3. The highest BCUT2D eigenvalue weighted by Crippen LogP contribution is 2.22. The summed E-state index contributed by atoms with van der Waals surface area (Å²) in [5.74, 6) is -0.239. The molecule has 2 aromatic carbocycles. The number of carbonyl (C=O) groups is 2. The molecule has 0 aromatic heterocycles. The van der Waals surface area contributed by atoms with Crippen molar-refractivity contribution in [2.45, 2.75) is 64.6 Å². The van der Waals surface area contributed by atoms with Crippen molar-refractivity contribution < 1.29 is 18.7 Å². The Bertz CT molecular complexity index is 929. The average molecular weight is 505 g/mol. The van der Waals surface area contributed by atoms with Gasteiger partial charge in [0.2, 0.25) is 5.91 Å². The van der Waals surface area contributed by atoms with Gasteiger partial charge in [-0.1, -0.05) is 47.3 Å². The number of ether oxygens (including phenoxy) is 1. The molecule has 1 aliphatic rings. The number of hydrogen-bond donors (Lipinski definition) is 1. The highest BCUT2D eigenvalue weighted by molar-refractivity contribution is 9.10. The van der Waals surface area contributed by atoms with Crippen molar-refractivity contribution >= 4 is 27.7 Å². The Balaban J connectivity index is 1.70. The largest absolute Gasteiger partial charge is 0.484 e. The zero-order valence-electron chi connectivity index (χ0n) is 18.6. The van der Waals surface area contributed by atoms with Gasteiger partial charge in [0.05, 0.1) is 0 Å². The summed E-state index contributed by atoms with van der Waals surface area (Å²) in [6, 6.07) is 10.9. The van der Waals surface area contributed by atoms with Gasteiger partial charge in [-0.05, 0) is 68.1 Å². The molecule has 5 nitrogen and oxygen atoms in total. The molecule has 2 aromatic rings. The lowest BCUT2D eigenvalue weighted by atomic mass is 9.95. The number of hydrogen-bond acceptors (Lipinski definition) is 3. The van der Waals surface area contributed by atoms with Crippen LogP contribution in [0.1, 0.15) is 50.2 Å². The minimum absolute atomic E-state index is 0.156. The molecule has 1 aliphatic carbocycles. The second-order valence-corrected chi connectivity index (χ2v) is 9.22. The van der Waals surface area contributed by atoms with E-state index >= 15 is 0 Å². The fraction of sp³-hybridized carbons (Fsp3) is 0.440. The minimum Gasteiger partial charge on any atom is -0.484 e. The Morgan fingerprint density at radius 2 is 1.84 bits per heavy atom. The van der Waals surface area contributed by atoms with E-state index in [1.165, 1.54) is 23.5 Å². The Morgan fingerprint density at radius 3 is 2.50 bits per heavy atom. The summed E-state index contributed by atoms with van der Waals surface area (Å²) >= 11 is 3.45. The fourth-order valence-electron chi connectivity index (χ4n) is 3.87. The first-order valence-corrected chi connectivity index (χ1v) is 11.9. The van der Waals surface area contributed by atoms with Crippen molar-refractivity contribution in [2.24, 2.45) is 0 Å². The molecule has 172 valence electrons. The van der Waals surface area contributed by atoms with Crippen LogP contribution >= 0.6 is 15.9 Å². The molecule has 2 amide bonds. The number of halogens is 2. The lowest BCUT2D eigenvalue weighted by Gasteiger charge is -2.31. The molecule has 0 spiro atoms. The summed E-state index contributed by atoms with van der Waals surface area (Å²) in [5, 5.41) is 3.10. The molecular formula is C25H30BrFN2O3. The Kier molecular flexibility index (Phi) is 8.67. The first-order chi connectivity index (χ1) is 15.3. The lowest BCUT2D eigenvalue weighted by molar-refractivity contribution is -0.142. The third-order valence-electron chi connectivity index (χ3n) is 5.88. The van der Waals surface area contributed by atoms with Gasteiger partial charge in [0.15, 0.2) is 6.61 Å². The first kappa shape index (κ1) is 24.2. The highest BCUT2D eigenvalue weighted by Gasteiger charge is 2.28. The van der Waals surface area contributed by atoms with E-state index in [2.05, 4.69) is 21.2 Å². The Labute approximate surface area is 197 Å². The molecule has 32 heavy (non-hydrogen) atoms. The maximum Gasteiger partial charge on any atom is 0.261 e. The molecule has 1 fully saturated rings. The van der Waals surface area contributed by atoms with Crippen LogP contribution in [-0.2, 0) is 16.1 Å².